The van der Waals surface area contributed by atoms with Gasteiger partial charge in [-0.05, 0) is 19.1 Å². The molecule has 2 rings (SSSR count). The number of benzene rings is 1. The van der Waals surface area contributed by atoms with E-state index >= 15 is 0 Å². The minimum Gasteiger partial charge on any atom is -0.423 e. The van der Waals surface area contributed by atoms with E-state index in [4.69, 9.17) is 16.3 Å². The van der Waals surface area contributed by atoms with Crippen molar-refractivity contribution in [3.63, 3.8) is 0 Å². The highest BCUT2D eigenvalue weighted by molar-refractivity contribution is 6.32. The summed E-state index contributed by atoms with van der Waals surface area (Å²) in [6, 6.07) is 6.73. The summed E-state index contributed by atoms with van der Waals surface area (Å²) in [5.41, 5.74) is -0.676. The zero-order valence-corrected chi connectivity index (χ0v) is 10.6. The lowest BCUT2D eigenvalue weighted by Crippen LogP contribution is -2.43. The van der Waals surface area contributed by atoms with Crippen molar-refractivity contribution in [3.8, 4) is 5.75 Å². The van der Waals surface area contributed by atoms with Crippen LogP contribution < -0.4 is 4.74 Å². The predicted octanol–water partition coefficient (Wildman–Crippen LogP) is 3.60. The highest BCUT2D eigenvalue weighted by Crippen LogP contribution is 2.33. The van der Waals surface area contributed by atoms with Crippen molar-refractivity contribution in [1.29, 1.82) is 0 Å². The van der Waals surface area contributed by atoms with Crippen LogP contribution in [0.15, 0.2) is 48.1 Å². The first-order chi connectivity index (χ1) is 8.53. The molecule has 0 N–H and O–H groups in total. The molecule has 4 nitrogen and oxygen atoms in total. The standard InChI is InChI=1S/C13H12ClNO3/c1-10-5-4-8-13(9-10,15(16)17)18-12-7-3-2-6-11(12)14/h2-8H,9H2,1H3. The molecule has 1 aromatic carbocycles. The fourth-order valence-electron chi connectivity index (χ4n) is 1.83. The van der Waals surface area contributed by atoms with Crippen molar-refractivity contribution in [3.05, 3.63) is 63.2 Å². The fraction of sp³-hybridized carbons (Fsp3) is 0.231. The van der Waals surface area contributed by atoms with Gasteiger partial charge < -0.3 is 4.74 Å². The molecule has 0 fully saturated rings. The van der Waals surface area contributed by atoms with E-state index in [1.807, 2.05) is 13.0 Å². The van der Waals surface area contributed by atoms with Gasteiger partial charge in [0.2, 0.25) is 0 Å². The molecule has 0 heterocycles. The van der Waals surface area contributed by atoms with Crippen LogP contribution >= 0.6 is 11.6 Å². The maximum Gasteiger partial charge on any atom is 0.387 e. The van der Waals surface area contributed by atoms with E-state index in [0.29, 0.717) is 10.8 Å². The van der Waals surface area contributed by atoms with Crippen molar-refractivity contribution in [1.82, 2.24) is 0 Å². The molecule has 0 saturated carbocycles. The molecule has 1 unspecified atom stereocenters. The average Bonchev–Trinajstić information content (AvgIpc) is 2.32. The molecule has 0 spiro atoms. The Labute approximate surface area is 110 Å². The maximum absolute atomic E-state index is 11.3. The molecule has 1 atom stereocenters. The Hall–Kier alpha value is -1.81. The van der Waals surface area contributed by atoms with Crippen LogP contribution in [0.1, 0.15) is 13.3 Å². The zero-order chi connectivity index (χ0) is 13.2. The monoisotopic (exact) mass is 265 g/mol. The zero-order valence-electron chi connectivity index (χ0n) is 9.80. The molecule has 5 heteroatoms. The number of nitrogens with zero attached hydrogens (tertiary/aromatic N) is 1. The van der Waals surface area contributed by atoms with Crippen molar-refractivity contribution in [2.75, 3.05) is 0 Å². The number of hydrogen-bond acceptors (Lipinski definition) is 3. The van der Waals surface area contributed by atoms with E-state index in [-0.39, 0.29) is 6.42 Å². The number of halogens is 1. The molecule has 0 bridgehead atoms. The van der Waals surface area contributed by atoms with Crippen LogP contribution in [0.2, 0.25) is 5.02 Å². The van der Waals surface area contributed by atoms with Crippen LogP contribution in [0, 0.1) is 10.1 Å². The summed E-state index contributed by atoms with van der Waals surface area (Å²) >= 11 is 5.96. The first-order valence-electron chi connectivity index (χ1n) is 5.46. The average molecular weight is 266 g/mol. The molecule has 18 heavy (non-hydrogen) atoms. The summed E-state index contributed by atoms with van der Waals surface area (Å²) in [6.45, 7) is 1.83. The Kier molecular flexibility index (Phi) is 3.39. The van der Waals surface area contributed by atoms with Crippen LogP contribution in [-0.2, 0) is 0 Å². The molecule has 1 aromatic rings. The Bertz CT molecular complexity index is 539. The molecule has 0 aliphatic heterocycles. The summed E-state index contributed by atoms with van der Waals surface area (Å²) in [5.74, 6) is 0.315. The van der Waals surface area contributed by atoms with Crippen molar-refractivity contribution >= 4 is 11.6 Å². The lowest BCUT2D eigenvalue weighted by atomic mass is 9.98. The topological polar surface area (TPSA) is 52.4 Å². The summed E-state index contributed by atoms with van der Waals surface area (Å²) in [5, 5.41) is 11.7. The molecule has 94 valence electrons. The van der Waals surface area contributed by atoms with Gasteiger partial charge in [0.25, 0.3) is 0 Å². The lowest BCUT2D eigenvalue weighted by Gasteiger charge is -2.25. The first-order valence-corrected chi connectivity index (χ1v) is 5.84. The number of ether oxygens (including phenoxy) is 1. The van der Waals surface area contributed by atoms with E-state index in [9.17, 15) is 10.1 Å². The molecule has 0 saturated heterocycles. The second kappa shape index (κ2) is 4.82. The van der Waals surface area contributed by atoms with E-state index < -0.39 is 10.6 Å². The third-order valence-corrected chi connectivity index (χ3v) is 3.01. The molecule has 0 amide bonds. The SMILES string of the molecule is CC1=CC=CC(Oc2ccccc2Cl)([N+](=O)[O-])C1. The second-order valence-corrected chi connectivity index (χ2v) is 4.59. The van der Waals surface area contributed by atoms with Crippen LogP contribution in [-0.4, -0.2) is 10.6 Å². The minimum absolute atomic E-state index is 0.210. The van der Waals surface area contributed by atoms with E-state index in [2.05, 4.69) is 0 Å². The molecule has 1 aliphatic carbocycles. The summed E-state index contributed by atoms with van der Waals surface area (Å²) in [6.07, 6.45) is 5.13. The highest BCUT2D eigenvalue weighted by atomic mass is 35.5. The number of para-hydroxylation sites is 1. The van der Waals surface area contributed by atoms with Gasteiger partial charge in [-0.1, -0.05) is 41.5 Å². The van der Waals surface area contributed by atoms with E-state index in [0.717, 1.165) is 5.57 Å². The van der Waals surface area contributed by atoms with Crippen LogP contribution in [0.4, 0.5) is 0 Å². The summed E-state index contributed by atoms with van der Waals surface area (Å²) in [4.78, 5) is 10.9. The Morgan fingerprint density at radius 3 is 2.78 bits per heavy atom. The van der Waals surface area contributed by atoms with Gasteiger partial charge in [0, 0.05) is 6.08 Å². The van der Waals surface area contributed by atoms with Gasteiger partial charge in [-0.2, -0.15) is 0 Å². The quantitative estimate of drug-likeness (QED) is 0.477. The molecule has 0 radical (unpaired) electrons. The largest absolute Gasteiger partial charge is 0.423 e. The van der Waals surface area contributed by atoms with Gasteiger partial charge >= 0.3 is 5.72 Å². The van der Waals surface area contributed by atoms with Crippen molar-refractivity contribution in [2.24, 2.45) is 0 Å². The molecule has 1 aliphatic rings. The normalized spacial score (nSPS) is 22.4. The smallest absolute Gasteiger partial charge is 0.387 e. The molecular formula is C13H12ClNO3. The highest BCUT2D eigenvalue weighted by Gasteiger charge is 2.44. The number of hydrogen-bond donors (Lipinski definition) is 0. The molecular weight excluding hydrogens is 254 g/mol. The Morgan fingerprint density at radius 1 is 1.44 bits per heavy atom. The van der Waals surface area contributed by atoms with Gasteiger partial charge in [0.1, 0.15) is 5.75 Å². The molecule has 0 aromatic heterocycles. The third-order valence-electron chi connectivity index (χ3n) is 2.70. The van der Waals surface area contributed by atoms with Crippen molar-refractivity contribution < 1.29 is 9.66 Å². The summed E-state index contributed by atoms with van der Waals surface area (Å²) in [7, 11) is 0. The van der Waals surface area contributed by atoms with Gasteiger partial charge in [-0.15, -0.1) is 0 Å². The number of rotatable bonds is 3. The van der Waals surface area contributed by atoms with Crippen molar-refractivity contribution in [2.45, 2.75) is 19.1 Å². The van der Waals surface area contributed by atoms with Gasteiger partial charge in [-0.3, -0.25) is 10.1 Å². The van der Waals surface area contributed by atoms with Gasteiger partial charge in [0.05, 0.1) is 16.4 Å². The van der Waals surface area contributed by atoms with Crippen LogP contribution in [0.25, 0.3) is 0 Å². The maximum atomic E-state index is 11.3. The van der Waals surface area contributed by atoms with Gasteiger partial charge in [-0.25, -0.2) is 0 Å². The van der Waals surface area contributed by atoms with Gasteiger partial charge in [0.15, 0.2) is 0 Å². The third kappa shape index (κ3) is 2.38. The minimum atomic E-state index is -1.57. The Balaban J connectivity index is 2.34. The second-order valence-electron chi connectivity index (χ2n) is 4.18. The fourth-order valence-corrected chi connectivity index (χ4v) is 2.01. The van der Waals surface area contributed by atoms with Crippen LogP contribution in [0.3, 0.4) is 0 Å². The summed E-state index contributed by atoms with van der Waals surface area (Å²) < 4.78 is 5.55. The van der Waals surface area contributed by atoms with E-state index in [1.165, 1.54) is 6.08 Å². The Morgan fingerprint density at radius 2 is 2.17 bits per heavy atom. The predicted molar refractivity (Wildman–Crippen MR) is 69.3 cm³/mol. The number of allylic oxidation sites excluding steroid dienone is 2. The number of nitro groups is 1. The van der Waals surface area contributed by atoms with Crippen LogP contribution in [0.5, 0.6) is 5.75 Å². The first kappa shape index (κ1) is 12.6. The lowest BCUT2D eigenvalue weighted by molar-refractivity contribution is -0.599. The van der Waals surface area contributed by atoms with E-state index in [1.54, 1.807) is 30.3 Å².